The molecule has 0 bridgehead atoms. The molecule has 6 rings (SSSR count). The number of benzene rings is 3. The number of ether oxygens (including phenoxy) is 1. The summed E-state index contributed by atoms with van der Waals surface area (Å²) in [6, 6.07) is 12.5. The van der Waals surface area contributed by atoms with Gasteiger partial charge in [0.1, 0.15) is 24.2 Å². The maximum atomic E-state index is 15.1. The number of nitrogens with one attached hydrogen (secondary N) is 1. The second kappa shape index (κ2) is 12.2. The van der Waals surface area contributed by atoms with Gasteiger partial charge in [0.2, 0.25) is 17.5 Å². The van der Waals surface area contributed by atoms with Gasteiger partial charge in [-0.1, -0.05) is 35.9 Å². The Balaban J connectivity index is 1.05. The Morgan fingerprint density at radius 2 is 1.84 bits per heavy atom. The third kappa shape index (κ3) is 5.70. The number of fused-ring (bicyclic) bond motifs is 1. The summed E-state index contributed by atoms with van der Waals surface area (Å²) < 4.78 is 35.8. The highest BCUT2D eigenvalue weighted by atomic mass is 35.5. The fourth-order valence-corrected chi connectivity index (χ4v) is 6.12. The van der Waals surface area contributed by atoms with Gasteiger partial charge in [0.15, 0.2) is 5.82 Å². The number of halogens is 3. The number of rotatable bonds is 7. The van der Waals surface area contributed by atoms with Crippen molar-refractivity contribution in [3.05, 3.63) is 98.9 Å². The predicted octanol–water partition coefficient (Wildman–Crippen LogP) is 4.83. The lowest BCUT2D eigenvalue weighted by molar-refractivity contribution is -0.136. The van der Waals surface area contributed by atoms with Crippen molar-refractivity contribution in [3.8, 4) is 5.75 Å². The van der Waals surface area contributed by atoms with E-state index < -0.39 is 23.6 Å². The molecular weight excluding hydrogens is 592 g/mol. The molecule has 0 unspecified atom stereocenters. The largest absolute Gasteiger partial charge is 0.488 e. The van der Waals surface area contributed by atoms with Gasteiger partial charge >= 0.3 is 0 Å². The molecule has 1 N–H and O–H groups in total. The van der Waals surface area contributed by atoms with E-state index in [0.717, 1.165) is 5.56 Å². The van der Waals surface area contributed by atoms with Crippen molar-refractivity contribution in [1.82, 2.24) is 15.1 Å². The Morgan fingerprint density at radius 3 is 2.57 bits per heavy atom. The summed E-state index contributed by atoms with van der Waals surface area (Å²) in [4.78, 5) is 45.7. The number of piperazine rings is 1. The van der Waals surface area contributed by atoms with Gasteiger partial charge in [0.05, 0.1) is 23.8 Å². The molecular formula is C32H28ClF2N5O4. The van der Waals surface area contributed by atoms with E-state index in [4.69, 9.17) is 22.9 Å². The first-order valence-electron chi connectivity index (χ1n) is 14.2. The molecule has 2 fully saturated rings. The summed E-state index contributed by atoms with van der Waals surface area (Å²) in [5.74, 6) is -1.70. The van der Waals surface area contributed by atoms with Crippen molar-refractivity contribution in [2.75, 3.05) is 31.1 Å². The van der Waals surface area contributed by atoms with E-state index in [2.05, 4.69) is 15.1 Å². The zero-order chi connectivity index (χ0) is 31.0. The van der Waals surface area contributed by atoms with Crippen LogP contribution < -0.4 is 15.0 Å². The highest BCUT2D eigenvalue weighted by Gasteiger charge is 2.40. The summed E-state index contributed by atoms with van der Waals surface area (Å²) in [5.41, 5.74) is 2.66. The molecule has 3 aromatic rings. The van der Waals surface area contributed by atoms with Gasteiger partial charge in [-0.2, -0.15) is 0 Å². The minimum absolute atomic E-state index is 0.0474. The Hall–Kier alpha value is -4.53. The van der Waals surface area contributed by atoms with Crippen LogP contribution in [0.25, 0.3) is 4.85 Å². The van der Waals surface area contributed by atoms with E-state index in [1.54, 1.807) is 30.3 Å². The van der Waals surface area contributed by atoms with Crippen LogP contribution in [-0.2, 0) is 29.3 Å². The van der Waals surface area contributed by atoms with Crippen LogP contribution in [0.5, 0.6) is 5.75 Å². The number of nitrogens with zero attached hydrogens (tertiary/aromatic N) is 4. The van der Waals surface area contributed by atoms with Crippen LogP contribution in [0.3, 0.4) is 0 Å². The van der Waals surface area contributed by atoms with Crippen molar-refractivity contribution < 1.29 is 27.9 Å². The molecule has 226 valence electrons. The van der Waals surface area contributed by atoms with Crippen LogP contribution in [-0.4, -0.2) is 59.7 Å². The number of hydrogen-bond donors (Lipinski definition) is 1. The quantitative estimate of drug-likeness (QED) is 0.301. The lowest BCUT2D eigenvalue weighted by atomic mass is 10.0. The Morgan fingerprint density at radius 1 is 1.05 bits per heavy atom. The molecule has 3 amide bonds. The predicted molar refractivity (Wildman–Crippen MR) is 158 cm³/mol. The Labute approximate surface area is 257 Å². The van der Waals surface area contributed by atoms with E-state index >= 15 is 4.39 Å². The molecule has 0 saturated carbocycles. The number of piperidine rings is 1. The van der Waals surface area contributed by atoms with Gasteiger partial charge in [-0.15, -0.1) is 0 Å². The molecule has 44 heavy (non-hydrogen) atoms. The van der Waals surface area contributed by atoms with E-state index in [-0.39, 0.29) is 48.5 Å². The van der Waals surface area contributed by atoms with Crippen LogP contribution in [0, 0.1) is 18.2 Å². The van der Waals surface area contributed by atoms with Crippen LogP contribution in [0.15, 0.2) is 48.5 Å². The smallest absolute Gasteiger partial charge is 0.255 e. The third-order valence-corrected chi connectivity index (χ3v) is 8.68. The first-order valence-corrected chi connectivity index (χ1v) is 14.6. The van der Waals surface area contributed by atoms with Gasteiger partial charge < -0.3 is 14.5 Å². The second-order valence-corrected chi connectivity index (χ2v) is 11.4. The lowest BCUT2D eigenvalue weighted by Crippen LogP contribution is -2.52. The van der Waals surface area contributed by atoms with Gasteiger partial charge in [0, 0.05) is 55.8 Å². The van der Waals surface area contributed by atoms with Crippen molar-refractivity contribution in [1.29, 1.82) is 0 Å². The molecule has 0 aromatic heterocycles. The fourth-order valence-electron chi connectivity index (χ4n) is 5.92. The maximum Gasteiger partial charge on any atom is 0.255 e. The molecule has 2 saturated heterocycles. The zero-order valence-electron chi connectivity index (χ0n) is 23.6. The van der Waals surface area contributed by atoms with Crippen LogP contribution >= 0.6 is 11.6 Å². The Bertz CT molecular complexity index is 1700. The van der Waals surface area contributed by atoms with Gasteiger partial charge in [-0.25, -0.2) is 13.6 Å². The van der Waals surface area contributed by atoms with Crippen LogP contribution in [0.1, 0.15) is 39.9 Å². The number of carbonyl (C=O) groups is 3. The fraction of sp³-hybridized carbons (Fsp3) is 0.312. The molecule has 0 aliphatic carbocycles. The highest BCUT2D eigenvalue weighted by Crippen LogP contribution is 2.35. The normalized spacial score (nSPS) is 18.7. The first-order chi connectivity index (χ1) is 21.2. The lowest BCUT2D eigenvalue weighted by Gasteiger charge is -2.36. The second-order valence-electron chi connectivity index (χ2n) is 11.0. The molecule has 12 heteroatoms. The summed E-state index contributed by atoms with van der Waals surface area (Å²) in [6.07, 6.45) is 0.430. The van der Waals surface area contributed by atoms with E-state index in [9.17, 15) is 18.8 Å². The van der Waals surface area contributed by atoms with E-state index in [0.29, 0.717) is 60.9 Å². The zero-order valence-corrected chi connectivity index (χ0v) is 24.4. The van der Waals surface area contributed by atoms with Gasteiger partial charge in [-0.05, 0) is 36.2 Å². The van der Waals surface area contributed by atoms with Gasteiger partial charge in [0.25, 0.3) is 5.91 Å². The number of imide groups is 1. The summed E-state index contributed by atoms with van der Waals surface area (Å²) >= 11 is 6.00. The van der Waals surface area contributed by atoms with Crippen molar-refractivity contribution in [2.24, 2.45) is 0 Å². The minimum atomic E-state index is -0.731. The number of hydrogen-bond acceptors (Lipinski definition) is 6. The summed E-state index contributed by atoms with van der Waals surface area (Å²) in [6.45, 7) is 10.1. The maximum absolute atomic E-state index is 15.1. The molecule has 3 aliphatic heterocycles. The number of anilines is 1. The number of carbonyl (C=O) groups excluding carboxylic acids is 3. The minimum Gasteiger partial charge on any atom is -0.488 e. The molecule has 0 radical (unpaired) electrons. The SMILES string of the molecule is [C-]#[N+]c1ccc(N2CCN(Cc3ccc(COc4cccc5c4CN([C@H]4CCC(=O)NC4=O)C5=O)c(F)c3)CC2)c(F)c1Cl. The molecule has 1 atom stereocenters. The van der Waals surface area contributed by atoms with E-state index in [1.807, 2.05) is 11.0 Å². The molecule has 3 aromatic carbocycles. The third-order valence-electron chi connectivity index (χ3n) is 8.32. The van der Waals surface area contributed by atoms with Crippen LogP contribution in [0.4, 0.5) is 20.2 Å². The molecule has 3 heterocycles. The Kier molecular flexibility index (Phi) is 8.21. The molecule has 0 spiro atoms. The topological polar surface area (TPSA) is 86.6 Å². The monoisotopic (exact) mass is 619 g/mol. The number of amides is 3. The first kappa shape index (κ1) is 29.5. The van der Waals surface area contributed by atoms with Gasteiger partial charge in [-0.3, -0.25) is 24.6 Å². The molecule has 9 nitrogen and oxygen atoms in total. The summed E-state index contributed by atoms with van der Waals surface area (Å²) in [7, 11) is 0. The van der Waals surface area contributed by atoms with Crippen LogP contribution in [0.2, 0.25) is 5.02 Å². The van der Waals surface area contributed by atoms with Crippen molar-refractivity contribution >= 4 is 40.7 Å². The highest BCUT2D eigenvalue weighted by molar-refractivity contribution is 6.33. The van der Waals surface area contributed by atoms with Crippen molar-refractivity contribution in [3.63, 3.8) is 0 Å². The van der Waals surface area contributed by atoms with Crippen molar-refractivity contribution in [2.45, 2.75) is 38.6 Å². The standard InChI is InChI=1S/C32H28ClF2N5O4/c1-36-24-7-8-25(30(35)29(24)33)39-13-11-38(12-14-39)16-19-5-6-20(23(34)15-19)18-44-27-4-2-3-21-22(27)17-40(32(21)43)26-9-10-28(41)37-31(26)42/h2-8,15,26H,9-14,16-18H2,(H,37,41,42)/t26-/m0/s1. The summed E-state index contributed by atoms with van der Waals surface area (Å²) in [5, 5.41) is 2.12. The average molecular weight is 620 g/mol. The molecule has 3 aliphatic rings. The average Bonchev–Trinajstić information content (AvgIpc) is 3.35. The van der Waals surface area contributed by atoms with E-state index in [1.165, 1.54) is 17.0 Å².